The molecule has 0 amide bonds. The molecule has 0 saturated carbocycles. The Bertz CT molecular complexity index is 527. The van der Waals surface area contributed by atoms with Crippen molar-refractivity contribution in [2.24, 2.45) is 0 Å². The van der Waals surface area contributed by atoms with Crippen molar-refractivity contribution in [3.05, 3.63) is 29.8 Å². The fourth-order valence-electron chi connectivity index (χ4n) is 2.01. The maximum Gasteiger partial charge on any atom is 0.125 e. The molecule has 3 nitrogen and oxygen atoms in total. The average molecular weight is 271 g/mol. The summed E-state index contributed by atoms with van der Waals surface area (Å²) in [4.78, 5) is 4.40. The number of methoxy groups -OCH3 is 1. The molecule has 0 aliphatic heterocycles. The van der Waals surface area contributed by atoms with Gasteiger partial charge in [0.25, 0.3) is 0 Å². The Labute approximate surface area is 111 Å². The molecule has 0 spiro atoms. The first kappa shape index (κ1) is 13.3. The molecule has 0 aliphatic carbocycles. The highest BCUT2D eigenvalue weighted by atomic mass is 35.5. The molecule has 0 fully saturated rings. The summed E-state index contributed by atoms with van der Waals surface area (Å²) in [5.41, 5.74) is 1.60. The number of benzene rings is 1. The summed E-state index contributed by atoms with van der Waals surface area (Å²) in [6, 6.07) is 4.61. The van der Waals surface area contributed by atoms with Crippen LogP contribution in [0.15, 0.2) is 18.2 Å². The van der Waals surface area contributed by atoms with Gasteiger partial charge in [-0.2, -0.15) is 0 Å². The Kier molecular flexibility index (Phi) is 4.55. The number of rotatable bonds is 6. The van der Waals surface area contributed by atoms with E-state index in [1.165, 1.54) is 12.1 Å². The molecule has 98 valence electrons. The number of ether oxygens (including phenoxy) is 1. The Hall–Kier alpha value is -1.13. The Morgan fingerprint density at radius 3 is 2.94 bits per heavy atom. The van der Waals surface area contributed by atoms with E-state index in [2.05, 4.69) is 4.98 Å². The van der Waals surface area contributed by atoms with Crippen LogP contribution >= 0.6 is 11.6 Å². The first-order valence-corrected chi connectivity index (χ1v) is 6.49. The minimum atomic E-state index is -0.248. The number of hydrogen-bond acceptors (Lipinski definition) is 2. The zero-order chi connectivity index (χ0) is 13.0. The molecule has 0 bridgehead atoms. The molecule has 1 aromatic carbocycles. The molecule has 5 heteroatoms. The minimum Gasteiger partial charge on any atom is -0.385 e. The number of alkyl halides is 1. The van der Waals surface area contributed by atoms with Crippen molar-refractivity contribution in [1.29, 1.82) is 0 Å². The van der Waals surface area contributed by atoms with Gasteiger partial charge in [-0.15, -0.1) is 11.6 Å². The van der Waals surface area contributed by atoms with E-state index in [9.17, 15) is 4.39 Å². The molecule has 2 rings (SSSR count). The first-order valence-electron chi connectivity index (χ1n) is 5.96. The number of aryl methyl sites for hydroxylation is 1. The molecule has 0 atom stereocenters. The highest BCUT2D eigenvalue weighted by Gasteiger charge is 2.10. The van der Waals surface area contributed by atoms with Crippen molar-refractivity contribution in [2.45, 2.75) is 25.3 Å². The van der Waals surface area contributed by atoms with Gasteiger partial charge >= 0.3 is 0 Å². The van der Waals surface area contributed by atoms with Crippen LogP contribution in [0.2, 0.25) is 0 Å². The largest absolute Gasteiger partial charge is 0.385 e. The second-order valence-electron chi connectivity index (χ2n) is 4.15. The number of hydrogen-bond donors (Lipinski definition) is 0. The van der Waals surface area contributed by atoms with Crippen LogP contribution in [0.25, 0.3) is 11.0 Å². The molecule has 18 heavy (non-hydrogen) atoms. The number of imidazole rings is 1. The monoisotopic (exact) mass is 270 g/mol. The molecule has 0 saturated heterocycles. The van der Waals surface area contributed by atoms with Crippen LogP contribution in [0, 0.1) is 5.82 Å². The second kappa shape index (κ2) is 6.16. The van der Waals surface area contributed by atoms with E-state index in [0.717, 1.165) is 42.9 Å². The number of halogens is 2. The lowest BCUT2D eigenvalue weighted by Gasteiger charge is -2.07. The summed E-state index contributed by atoms with van der Waals surface area (Å²) in [5.74, 6) is 0.872. The van der Waals surface area contributed by atoms with Gasteiger partial charge in [0.1, 0.15) is 11.6 Å². The van der Waals surface area contributed by atoms with Gasteiger partial charge in [0.2, 0.25) is 0 Å². The third kappa shape index (κ3) is 2.82. The van der Waals surface area contributed by atoms with E-state index in [1.807, 2.05) is 4.57 Å². The smallest absolute Gasteiger partial charge is 0.125 e. The highest BCUT2D eigenvalue weighted by Crippen LogP contribution is 2.19. The van der Waals surface area contributed by atoms with Gasteiger partial charge in [-0.1, -0.05) is 0 Å². The van der Waals surface area contributed by atoms with Crippen LogP contribution in [0.4, 0.5) is 4.39 Å². The molecule has 1 aromatic heterocycles. The van der Waals surface area contributed by atoms with Crippen molar-refractivity contribution in [1.82, 2.24) is 9.55 Å². The van der Waals surface area contributed by atoms with Crippen molar-refractivity contribution >= 4 is 22.6 Å². The summed E-state index contributed by atoms with van der Waals surface area (Å²) in [5, 5.41) is 0. The topological polar surface area (TPSA) is 27.1 Å². The third-order valence-electron chi connectivity index (χ3n) is 2.89. The quantitative estimate of drug-likeness (QED) is 0.595. The molecular formula is C13H16ClFN2O. The molecule has 1 heterocycles. The lowest BCUT2D eigenvalue weighted by atomic mass is 10.3. The zero-order valence-corrected chi connectivity index (χ0v) is 11.1. The first-order chi connectivity index (χ1) is 8.76. The summed E-state index contributed by atoms with van der Waals surface area (Å²) in [6.45, 7) is 1.52. The van der Waals surface area contributed by atoms with Gasteiger partial charge < -0.3 is 9.30 Å². The lowest BCUT2D eigenvalue weighted by Crippen LogP contribution is -2.03. The average Bonchev–Trinajstić information content (AvgIpc) is 2.72. The van der Waals surface area contributed by atoms with Gasteiger partial charge in [-0.05, 0) is 31.0 Å². The summed E-state index contributed by atoms with van der Waals surface area (Å²) < 4.78 is 20.3. The molecule has 2 aromatic rings. The van der Waals surface area contributed by atoms with Crippen molar-refractivity contribution in [2.75, 3.05) is 13.7 Å². The van der Waals surface area contributed by atoms with Gasteiger partial charge in [-0.3, -0.25) is 0 Å². The van der Waals surface area contributed by atoms with Crippen molar-refractivity contribution in [3.63, 3.8) is 0 Å². The van der Waals surface area contributed by atoms with Crippen LogP contribution in [0.5, 0.6) is 0 Å². The Morgan fingerprint density at radius 1 is 1.39 bits per heavy atom. The maximum absolute atomic E-state index is 13.3. The van der Waals surface area contributed by atoms with E-state index in [4.69, 9.17) is 16.3 Å². The van der Waals surface area contributed by atoms with Crippen LogP contribution in [-0.2, 0) is 17.2 Å². The maximum atomic E-state index is 13.3. The molecule has 0 radical (unpaired) electrons. The Morgan fingerprint density at radius 2 is 2.22 bits per heavy atom. The SMILES string of the molecule is COCCCCn1c(CCl)nc2ccc(F)cc21. The van der Waals surface area contributed by atoms with Crippen LogP contribution < -0.4 is 0 Å². The number of nitrogens with zero attached hydrogens (tertiary/aromatic N) is 2. The molecule has 0 N–H and O–H groups in total. The predicted molar refractivity (Wildman–Crippen MR) is 70.4 cm³/mol. The van der Waals surface area contributed by atoms with Crippen molar-refractivity contribution in [3.8, 4) is 0 Å². The van der Waals surface area contributed by atoms with E-state index in [0.29, 0.717) is 5.88 Å². The minimum absolute atomic E-state index is 0.248. The van der Waals surface area contributed by atoms with Crippen molar-refractivity contribution < 1.29 is 9.13 Å². The van der Waals surface area contributed by atoms with Gasteiger partial charge in [0.05, 0.1) is 16.9 Å². The number of unbranched alkanes of at least 4 members (excludes halogenated alkanes) is 1. The highest BCUT2D eigenvalue weighted by molar-refractivity contribution is 6.16. The normalized spacial score (nSPS) is 11.3. The molecular weight excluding hydrogens is 255 g/mol. The number of aromatic nitrogens is 2. The van der Waals surface area contributed by atoms with Gasteiger partial charge in [0.15, 0.2) is 0 Å². The van der Waals surface area contributed by atoms with Crippen LogP contribution in [0.1, 0.15) is 18.7 Å². The van der Waals surface area contributed by atoms with E-state index in [-0.39, 0.29) is 5.82 Å². The van der Waals surface area contributed by atoms with Gasteiger partial charge in [-0.25, -0.2) is 9.37 Å². The Balaban J connectivity index is 2.25. The molecule has 0 unspecified atom stereocenters. The summed E-state index contributed by atoms with van der Waals surface area (Å²) >= 11 is 5.88. The number of fused-ring (bicyclic) bond motifs is 1. The fraction of sp³-hybridized carbons (Fsp3) is 0.462. The van der Waals surface area contributed by atoms with E-state index >= 15 is 0 Å². The van der Waals surface area contributed by atoms with Crippen LogP contribution in [0.3, 0.4) is 0 Å². The van der Waals surface area contributed by atoms with Crippen LogP contribution in [-0.4, -0.2) is 23.3 Å². The van der Waals surface area contributed by atoms with E-state index in [1.54, 1.807) is 13.2 Å². The second-order valence-corrected chi connectivity index (χ2v) is 4.41. The third-order valence-corrected chi connectivity index (χ3v) is 3.13. The fourth-order valence-corrected chi connectivity index (χ4v) is 2.22. The molecule has 0 aliphatic rings. The van der Waals surface area contributed by atoms with Gasteiger partial charge in [0, 0.05) is 20.3 Å². The predicted octanol–water partition coefficient (Wildman–Crippen LogP) is 3.34. The standard InChI is InChI=1S/C13H16ClFN2O/c1-18-7-3-2-6-17-12-8-10(15)4-5-11(12)16-13(17)9-14/h4-5,8H,2-3,6-7,9H2,1H3. The summed E-state index contributed by atoms with van der Waals surface area (Å²) in [6.07, 6.45) is 1.92. The lowest BCUT2D eigenvalue weighted by molar-refractivity contribution is 0.191. The van der Waals surface area contributed by atoms with E-state index < -0.39 is 0 Å². The zero-order valence-electron chi connectivity index (χ0n) is 10.3. The summed E-state index contributed by atoms with van der Waals surface area (Å²) in [7, 11) is 1.69.